The number of nitrogens with zero attached hydrogens (tertiary/aromatic N) is 2. The van der Waals surface area contributed by atoms with E-state index in [4.69, 9.17) is 10.3 Å². The zero-order valence-corrected chi connectivity index (χ0v) is 12.0. The summed E-state index contributed by atoms with van der Waals surface area (Å²) in [6.07, 6.45) is 0.241. The third-order valence-electron chi connectivity index (χ3n) is 3.33. The lowest BCUT2D eigenvalue weighted by molar-refractivity contribution is -0.118. The molecule has 1 amide bonds. The average molecular weight is 273 g/mol. The lowest BCUT2D eigenvalue weighted by Gasteiger charge is -2.19. The van der Waals surface area contributed by atoms with Crippen molar-refractivity contribution in [2.24, 2.45) is 5.73 Å². The molecule has 1 aromatic heterocycles. The Kier molecular flexibility index (Phi) is 4.20. The van der Waals surface area contributed by atoms with Crippen molar-refractivity contribution < 1.29 is 9.32 Å². The van der Waals surface area contributed by atoms with Crippen LogP contribution in [0.4, 0.5) is 5.69 Å². The highest BCUT2D eigenvalue weighted by Gasteiger charge is 2.21. The van der Waals surface area contributed by atoms with Gasteiger partial charge in [0, 0.05) is 19.5 Å². The zero-order valence-electron chi connectivity index (χ0n) is 12.0. The first-order valence-corrected chi connectivity index (χ1v) is 6.50. The highest BCUT2D eigenvalue weighted by Crippen LogP contribution is 2.24. The molecule has 2 rings (SSSR count). The number of rotatable bonds is 4. The summed E-state index contributed by atoms with van der Waals surface area (Å²) in [5.74, 6) is 0.572. The van der Waals surface area contributed by atoms with Crippen LogP contribution in [0.5, 0.6) is 0 Å². The molecule has 0 saturated heterocycles. The fourth-order valence-corrected chi connectivity index (χ4v) is 2.22. The molecule has 0 radical (unpaired) electrons. The van der Waals surface area contributed by atoms with Gasteiger partial charge in [-0.3, -0.25) is 4.79 Å². The largest absolute Gasteiger partial charge is 0.359 e. The van der Waals surface area contributed by atoms with Crippen LogP contribution in [-0.4, -0.2) is 18.1 Å². The number of carbonyl (C=O) groups is 1. The lowest BCUT2D eigenvalue weighted by atomic mass is 10.0. The van der Waals surface area contributed by atoms with Gasteiger partial charge in [-0.2, -0.15) is 0 Å². The minimum atomic E-state index is -0.313. The van der Waals surface area contributed by atoms with E-state index in [1.54, 1.807) is 18.9 Å². The fourth-order valence-electron chi connectivity index (χ4n) is 2.22. The van der Waals surface area contributed by atoms with Gasteiger partial charge in [0.05, 0.1) is 0 Å². The maximum Gasteiger partial charge on any atom is 0.228 e. The number of aromatic nitrogens is 1. The molecular formula is C15H19N3O2. The van der Waals surface area contributed by atoms with Gasteiger partial charge in [0.25, 0.3) is 0 Å². The van der Waals surface area contributed by atoms with Crippen LogP contribution in [-0.2, 0) is 4.79 Å². The van der Waals surface area contributed by atoms with Gasteiger partial charge in [-0.15, -0.1) is 0 Å². The number of hydrogen-bond acceptors (Lipinski definition) is 4. The van der Waals surface area contributed by atoms with Gasteiger partial charge in [0.15, 0.2) is 5.76 Å². The first-order valence-electron chi connectivity index (χ1n) is 6.50. The molecule has 0 spiro atoms. The number of benzene rings is 1. The zero-order chi connectivity index (χ0) is 14.7. The lowest BCUT2D eigenvalue weighted by Crippen LogP contribution is -2.30. The Labute approximate surface area is 118 Å². The minimum absolute atomic E-state index is 0.0595. The van der Waals surface area contributed by atoms with Crippen LogP contribution in [0.2, 0.25) is 0 Å². The number of aryl methyl sites for hydroxylation is 2. The molecule has 2 N–H and O–H groups in total. The number of nitrogens with two attached hydrogens (primary N) is 1. The molecule has 0 saturated carbocycles. The molecule has 20 heavy (non-hydrogen) atoms. The van der Waals surface area contributed by atoms with Crippen LogP contribution in [0.25, 0.3) is 0 Å². The summed E-state index contributed by atoms with van der Waals surface area (Å²) >= 11 is 0. The number of hydrogen-bond donors (Lipinski definition) is 1. The summed E-state index contributed by atoms with van der Waals surface area (Å²) in [5, 5.41) is 3.86. The van der Waals surface area contributed by atoms with Gasteiger partial charge in [-0.05, 0) is 19.4 Å². The van der Waals surface area contributed by atoms with Gasteiger partial charge in [0.2, 0.25) is 5.91 Å². The smallest absolute Gasteiger partial charge is 0.228 e. The predicted octanol–water partition coefficient (Wildman–Crippen LogP) is 2.34. The fraction of sp³-hybridized carbons (Fsp3) is 0.333. The Hall–Kier alpha value is -2.14. The van der Waals surface area contributed by atoms with Gasteiger partial charge in [-0.25, -0.2) is 0 Å². The standard InChI is InChI=1S/C15H19N3O2/c1-10-15(11(2)20-17-10)18(3)14(19)9-13(16)12-7-5-4-6-8-12/h4-8,13H,9,16H2,1-3H3/t13-/m1/s1. The van der Waals surface area contributed by atoms with Gasteiger partial charge in [-0.1, -0.05) is 35.5 Å². The molecule has 1 aromatic carbocycles. The van der Waals surface area contributed by atoms with E-state index in [9.17, 15) is 4.79 Å². The SMILES string of the molecule is Cc1noc(C)c1N(C)C(=O)C[C@@H](N)c1ccccc1. The third kappa shape index (κ3) is 2.88. The van der Waals surface area contributed by atoms with Crippen LogP contribution in [0.15, 0.2) is 34.9 Å². The second-order valence-corrected chi connectivity index (χ2v) is 4.85. The van der Waals surface area contributed by atoms with Crippen molar-refractivity contribution in [3.8, 4) is 0 Å². The van der Waals surface area contributed by atoms with Crippen LogP contribution in [0, 0.1) is 13.8 Å². The summed E-state index contributed by atoms with van der Waals surface area (Å²) in [6.45, 7) is 3.60. The second-order valence-electron chi connectivity index (χ2n) is 4.85. The topological polar surface area (TPSA) is 72.4 Å². The summed E-state index contributed by atoms with van der Waals surface area (Å²) in [6, 6.07) is 9.29. The molecule has 0 aliphatic carbocycles. The molecular weight excluding hydrogens is 254 g/mol. The van der Waals surface area contributed by atoms with E-state index in [1.165, 1.54) is 0 Å². The summed E-state index contributed by atoms with van der Waals surface area (Å²) in [4.78, 5) is 13.9. The van der Waals surface area contributed by atoms with Crippen molar-refractivity contribution in [2.45, 2.75) is 26.3 Å². The Morgan fingerprint density at radius 3 is 2.55 bits per heavy atom. The highest BCUT2D eigenvalue weighted by atomic mass is 16.5. The van der Waals surface area contributed by atoms with E-state index >= 15 is 0 Å². The maximum absolute atomic E-state index is 12.3. The Balaban J connectivity index is 2.09. The maximum atomic E-state index is 12.3. The normalized spacial score (nSPS) is 12.2. The first kappa shape index (κ1) is 14.3. The molecule has 0 bridgehead atoms. The van der Waals surface area contributed by atoms with Crippen LogP contribution < -0.4 is 10.6 Å². The van der Waals surface area contributed by atoms with Gasteiger partial charge in [0.1, 0.15) is 11.4 Å². The summed E-state index contributed by atoms with van der Waals surface area (Å²) < 4.78 is 5.08. The second kappa shape index (κ2) is 5.88. The number of amides is 1. The van der Waals surface area contributed by atoms with Crippen molar-refractivity contribution >= 4 is 11.6 Å². The van der Waals surface area contributed by atoms with E-state index < -0.39 is 0 Å². The first-order chi connectivity index (χ1) is 9.50. The predicted molar refractivity (Wildman–Crippen MR) is 77.4 cm³/mol. The third-order valence-corrected chi connectivity index (χ3v) is 3.33. The van der Waals surface area contributed by atoms with Gasteiger partial charge < -0.3 is 15.2 Å². The molecule has 0 aliphatic rings. The molecule has 2 aromatic rings. The molecule has 106 valence electrons. The molecule has 0 aliphatic heterocycles. The Morgan fingerprint density at radius 2 is 2.00 bits per heavy atom. The average Bonchev–Trinajstić information content (AvgIpc) is 2.78. The van der Waals surface area contributed by atoms with Crippen molar-refractivity contribution in [3.63, 3.8) is 0 Å². The van der Waals surface area contributed by atoms with Crippen LogP contribution in [0.1, 0.15) is 29.5 Å². The summed E-state index contributed by atoms with van der Waals surface area (Å²) in [7, 11) is 1.71. The van der Waals surface area contributed by atoms with E-state index in [0.29, 0.717) is 11.5 Å². The van der Waals surface area contributed by atoms with E-state index in [1.807, 2.05) is 37.3 Å². The van der Waals surface area contributed by atoms with Crippen molar-refractivity contribution in [2.75, 3.05) is 11.9 Å². The van der Waals surface area contributed by atoms with Crippen molar-refractivity contribution in [1.82, 2.24) is 5.16 Å². The van der Waals surface area contributed by atoms with Gasteiger partial charge >= 0.3 is 0 Å². The molecule has 0 fully saturated rings. The number of carbonyl (C=O) groups excluding carboxylic acids is 1. The highest BCUT2D eigenvalue weighted by molar-refractivity contribution is 5.94. The van der Waals surface area contributed by atoms with Crippen LogP contribution in [0.3, 0.4) is 0 Å². The molecule has 1 atom stereocenters. The monoisotopic (exact) mass is 273 g/mol. The molecule has 5 heteroatoms. The molecule has 5 nitrogen and oxygen atoms in total. The van der Waals surface area contributed by atoms with E-state index in [-0.39, 0.29) is 18.4 Å². The van der Waals surface area contributed by atoms with E-state index in [2.05, 4.69) is 5.16 Å². The molecule has 1 heterocycles. The number of anilines is 1. The van der Waals surface area contributed by atoms with Crippen molar-refractivity contribution in [1.29, 1.82) is 0 Å². The Morgan fingerprint density at radius 1 is 1.35 bits per heavy atom. The Bertz CT molecular complexity index is 573. The molecule has 0 unspecified atom stereocenters. The van der Waals surface area contributed by atoms with Crippen molar-refractivity contribution in [3.05, 3.63) is 47.3 Å². The van der Waals surface area contributed by atoms with E-state index in [0.717, 1.165) is 11.3 Å². The summed E-state index contributed by atoms with van der Waals surface area (Å²) in [5.41, 5.74) is 8.45. The van der Waals surface area contributed by atoms with Crippen LogP contribution >= 0.6 is 0 Å². The quantitative estimate of drug-likeness (QED) is 0.928. The minimum Gasteiger partial charge on any atom is -0.359 e.